The molecule has 1 unspecified atom stereocenters. The summed E-state index contributed by atoms with van der Waals surface area (Å²) in [6.07, 6.45) is 3.09. The Morgan fingerprint density at radius 1 is 1.40 bits per heavy atom. The Labute approximate surface area is 116 Å². The lowest BCUT2D eigenvalue weighted by molar-refractivity contribution is -0.140. The van der Waals surface area contributed by atoms with E-state index in [0.717, 1.165) is 0 Å². The fraction of sp³-hybridized carbons (Fsp3) is 0.231. The SMILES string of the molecule is CC(CNS(=O)(=O)c1cccc2cnccc12)C(=O)O. The maximum Gasteiger partial charge on any atom is 0.307 e. The van der Waals surface area contributed by atoms with E-state index in [1.54, 1.807) is 24.4 Å². The lowest BCUT2D eigenvalue weighted by atomic mass is 10.2. The Kier molecular flexibility index (Phi) is 4.01. The first-order valence-electron chi connectivity index (χ1n) is 5.97. The minimum Gasteiger partial charge on any atom is -0.481 e. The summed E-state index contributed by atoms with van der Waals surface area (Å²) in [6, 6.07) is 6.49. The summed E-state index contributed by atoms with van der Waals surface area (Å²) in [4.78, 5) is 14.8. The van der Waals surface area contributed by atoms with Crippen LogP contribution < -0.4 is 4.72 Å². The average Bonchev–Trinajstić information content (AvgIpc) is 2.44. The van der Waals surface area contributed by atoms with Gasteiger partial charge in [-0.15, -0.1) is 0 Å². The molecule has 2 aromatic rings. The van der Waals surface area contributed by atoms with Gasteiger partial charge in [-0.25, -0.2) is 13.1 Å². The molecule has 2 N–H and O–H groups in total. The highest BCUT2D eigenvalue weighted by Crippen LogP contribution is 2.21. The predicted molar refractivity (Wildman–Crippen MR) is 73.7 cm³/mol. The monoisotopic (exact) mass is 294 g/mol. The van der Waals surface area contributed by atoms with Gasteiger partial charge in [0.05, 0.1) is 10.8 Å². The largest absolute Gasteiger partial charge is 0.481 e. The van der Waals surface area contributed by atoms with Gasteiger partial charge in [-0.05, 0) is 12.1 Å². The molecule has 1 atom stereocenters. The molecule has 20 heavy (non-hydrogen) atoms. The molecule has 0 aliphatic rings. The normalized spacial score (nSPS) is 13.2. The Hall–Kier alpha value is -1.99. The van der Waals surface area contributed by atoms with E-state index in [1.807, 2.05) is 0 Å². The Morgan fingerprint density at radius 2 is 2.15 bits per heavy atom. The first-order valence-corrected chi connectivity index (χ1v) is 7.45. The minimum absolute atomic E-state index is 0.120. The maximum atomic E-state index is 12.2. The fourth-order valence-electron chi connectivity index (χ4n) is 1.73. The van der Waals surface area contributed by atoms with Crippen LogP contribution in [-0.2, 0) is 14.8 Å². The van der Waals surface area contributed by atoms with Crippen LogP contribution in [0, 0.1) is 5.92 Å². The van der Waals surface area contributed by atoms with Crippen LogP contribution in [0.4, 0.5) is 0 Å². The Morgan fingerprint density at radius 3 is 2.85 bits per heavy atom. The second kappa shape index (κ2) is 5.56. The highest BCUT2D eigenvalue weighted by atomic mass is 32.2. The van der Waals surface area contributed by atoms with E-state index in [1.165, 1.54) is 19.2 Å². The smallest absolute Gasteiger partial charge is 0.307 e. The molecular formula is C13H14N2O4S. The van der Waals surface area contributed by atoms with Crippen molar-refractivity contribution in [2.45, 2.75) is 11.8 Å². The number of carboxylic acid groups (broad SMARTS) is 1. The molecule has 0 amide bonds. The summed E-state index contributed by atoms with van der Waals surface area (Å²) < 4.78 is 26.8. The van der Waals surface area contributed by atoms with Crippen LogP contribution in [0.25, 0.3) is 10.8 Å². The third kappa shape index (κ3) is 2.94. The molecular weight excluding hydrogens is 280 g/mol. The van der Waals surface area contributed by atoms with Gasteiger partial charge in [-0.1, -0.05) is 19.1 Å². The first kappa shape index (κ1) is 14.4. The van der Waals surface area contributed by atoms with Crippen molar-refractivity contribution in [2.75, 3.05) is 6.54 Å². The third-order valence-electron chi connectivity index (χ3n) is 2.93. The van der Waals surface area contributed by atoms with Crippen LogP contribution in [0.2, 0.25) is 0 Å². The van der Waals surface area contributed by atoms with E-state index in [2.05, 4.69) is 9.71 Å². The molecule has 0 aliphatic carbocycles. The molecule has 0 spiro atoms. The van der Waals surface area contributed by atoms with Gasteiger partial charge < -0.3 is 5.11 Å². The summed E-state index contributed by atoms with van der Waals surface area (Å²) in [6.45, 7) is 1.29. The van der Waals surface area contributed by atoms with Gasteiger partial charge in [-0.2, -0.15) is 0 Å². The number of pyridine rings is 1. The highest BCUT2D eigenvalue weighted by Gasteiger charge is 2.20. The lowest BCUT2D eigenvalue weighted by Crippen LogP contribution is -2.31. The van der Waals surface area contributed by atoms with Crippen molar-refractivity contribution in [2.24, 2.45) is 5.92 Å². The molecule has 0 bridgehead atoms. The van der Waals surface area contributed by atoms with Gasteiger partial charge in [-0.3, -0.25) is 9.78 Å². The van der Waals surface area contributed by atoms with E-state index >= 15 is 0 Å². The summed E-state index contributed by atoms with van der Waals surface area (Å²) >= 11 is 0. The third-order valence-corrected chi connectivity index (χ3v) is 4.41. The van der Waals surface area contributed by atoms with Crippen molar-refractivity contribution >= 4 is 26.8 Å². The van der Waals surface area contributed by atoms with Gasteiger partial charge in [0.15, 0.2) is 0 Å². The quantitative estimate of drug-likeness (QED) is 0.864. The number of aromatic nitrogens is 1. The number of rotatable bonds is 5. The van der Waals surface area contributed by atoms with Crippen molar-refractivity contribution in [1.29, 1.82) is 0 Å². The highest BCUT2D eigenvalue weighted by molar-refractivity contribution is 7.89. The summed E-state index contributed by atoms with van der Waals surface area (Å²) in [5.41, 5.74) is 0. The van der Waals surface area contributed by atoms with Gasteiger partial charge in [0.2, 0.25) is 10.0 Å². The van der Waals surface area contributed by atoms with Crippen LogP contribution in [0.15, 0.2) is 41.6 Å². The number of aliphatic carboxylic acids is 1. The number of carbonyl (C=O) groups is 1. The van der Waals surface area contributed by atoms with Crippen molar-refractivity contribution in [3.05, 3.63) is 36.7 Å². The molecule has 1 aromatic carbocycles. The van der Waals surface area contributed by atoms with Gasteiger partial charge in [0.1, 0.15) is 0 Å². The molecule has 106 valence electrons. The number of hydrogen-bond acceptors (Lipinski definition) is 4. The second-order valence-electron chi connectivity index (χ2n) is 4.44. The van der Waals surface area contributed by atoms with E-state index in [0.29, 0.717) is 10.8 Å². The van der Waals surface area contributed by atoms with Crippen LogP contribution in [0.1, 0.15) is 6.92 Å². The number of carboxylic acids is 1. The molecule has 1 heterocycles. The molecule has 0 radical (unpaired) electrons. The van der Waals surface area contributed by atoms with Crippen molar-refractivity contribution in [1.82, 2.24) is 9.71 Å². The average molecular weight is 294 g/mol. The van der Waals surface area contributed by atoms with Crippen LogP contribution in [-0.4, -0.2) is 31.0 Å². The predicted octanol–water partition coefficient (Wildman–Crippen LogP) is 1.23. The number of benzene rings is 1. The topological polar surface area (TPSA) is 96.4 Å². The van der Waals surface area contributed by atoms with E-state index in [9.17, 15) is 13.2 Å². The van der Waals surface area contributed by atoms with E-state index < -0.39 is 21.9 Å². The molecule has 6 nitrogen and oxygen atoms in total. The van der Waals surface area contributed by atoms with Crippen LogP contribution in [0.5, 0.6) is 0 Å². The zero-order valence-electron chi connectivity index (χ0n) is 10.8. The number of nitrogens with zero attached hydrogens (tertiary/aromatic N) is 1. The molecule has 1 aromatic heterocycles. The van der Waals surface area contributed by atoms with Crippen LogP contribution in [0.3, 0.4) is 0 Å². The first-order chi connectivity index (χ1) is 9.42. The number of hydrogen-bond donors (Lipinski definition) is 2. The van der Waals surface area contributed by atoms with Crippen molar-refractivity contribution in [3.63, 3.8) is 0 Å². The lowest BCUT2D eigenvalue weighted by Gasteiger charge is -2.11. The molecule has 7 heteroatoms. The molecule has 2 rings (SSSR count). The molecule has 0 fully saturated rings. The van der Waals surface area contributed by atoms with Gasteiger partial charge in [0, 0.05) is 29.7 Å². The summed E-state index contributed by atoms with van der Waals surface area (Å²) in [5.74, 6) is -1.84. The van der Waals surface area contributed by atoms with Gasteiger partial charge >= 0.3 is 5.97 Å². The second-order valence-corrected chi connectivity index (χ2v) is 6.18. The number of fused-ring (bicyclic) bond motifs is 1. The zero-order chi connectivity index (χ0) is 14.8. The maximum absolute atomic E-state index is 12.2. The zero-order valence-corrected chi connectivity index (χ0v) is 11.6. The molecule has 0 aliphatic heterocycles. The number of nitrogens with one attached hydrogen (secondary N) is 1. The van der Waals surface area contributed by atoms with Crippen molar-refractivity contribution in [3.8, 4) is 0 Å². The molecule has 0 saturated carbocycles. The van der Waals surface area contributed by atoms with E-state index in [-0.39, 0.29) is 11.4 Å². The number of sulfonamides is 1. The van der Waals surface area contributed by atoms with Gasteiger partial charge in [0.25, 0.3) is 0 Å². The van der Waals surface area contributed by atoms with Crippen LogP contribution >= 0.6 is 0 Å². The summed E-state index contributed by atoms with van der Waals surface area (Å²) in [5, 5.41) is 10.0. The van der Waals surface area contributed by atoms with E-state index in [4.69, 9.17) is 5.11 Å². The standard InChI is InChI=1S/C13H14N2O4S/c1-9(13(16)17)7-15-20(18,19)12-4-2-3-10-8-14-6-5-11(10)12/h2-6,8-9,15H,7H2,1H3,(H,16,17). The fourth-order valence-corrected chi connectivity index (χ4v) is 3.08. The summed E-state index contributed by atoms with van der Waals surface area (Å²) in [7, 11) is -3.76. The Bertz CT molecular complexity index is 738. The van der Waals surface area contributed by atoms with Crippen molar-refractivity contribution < 1.29 is 18.3 Å². The minimum atomic E-state index is -3.76. The molecule has 0 saturated heterocycles. The Balaban J connectivity index is 2.35.